The topological polar surface area (TPSA) is 223 Å². The van der Waals surface area contributed by atoms with Crippen LogP contribution in [0.25, 0.3) is 10.8 Å². The Balaban J connectivity index is 1.69. The van der Waals surface area contributed by atoms with Crippen LogP contribution >= 0.6 is 0 Å². The third-order valence-corrected chi connectivity index (χ3v) is 12.1. The number of phenolic OH excluding ortho intramolecular Hbond substituents is 3. The van der Waals surface area contributed by atoms with Crippen molar-refractivity contribution in [1.82, 2.24) is 9.91 Å². The van der Waals surface area contributed by atoms with Crippen molar-refractivity contribution in [1.29, 1.82) is 0 Å². The normalized spacial score (nSPS) is 33.3. The number of phenols is 3. The molecule has 2 aromatic carbocycles. The predicted molar refractivity (Wildman–Crippen MR) is 221 cm³/mol. The zero-order chi connectivity index (χ0) is 43.7. The maximum Gasteiger partial charge on any atom is 0.305 e. The van der Waals surface area contributed by atoms with Gasteiger partial charge in [0.05, 0.1) is 59.8 Å². The first-order valence-electron chi connectivity index (χ1n) is 19.9. The number of rotatable bonds is 4. The van der Waals surface area contributed by atoms with Gasteiger partial charge in [0.2, 0.25) is 5.79 Å². The SMILES string of the molecule is CO[C@H]1/C=C/O[C@]2(C)Cc3c(c(C)c(O)c4c(O)c(c(/C=N/N5CCN(C)CC5)c(O)c34)NC(=O)/C(C)=C\C=C\[C@H](C)[C@H](O)[C@@H](C)[C@@H](O)[C@@H](C)[C@](O)(OC(C)=O)[C@@H]1C)O2. The molecule has 2 aromatic rings. The molecule has 6 rings (SSSR count). The van der Waals surface area contributed by atoms with E-state index in [0.717, 1.165) is 20.0 Å². The Morgan fingerprint density at radius 2 is 1.64 bits per heavy atom. The number of hydrazone groups is 1. The Morgan fingerprint density at radius 3 is 2.27 bits per heavy atom. The van der Waals surface area contributed by atoms with E-state index in [1.54, 1.807) is 53.7 Å². The summed E-state index contributed by atoms with van der Waals surface area (Å²) in [5.74, 6) is -9.73. The average molecular weight is 825 g/mol. The molecule has 0 spiro atoms. The number of nitrogens with one attached hydrogen (secondary N) is 1. The molecule has 0 radical (unpaired) electrons. The molecule has 9 atom stereocenters. The summed E-state index contributed by atoms with van der Waals surface area (Å²) in [6, 6.07) is 0. The number of fused-ring (bicyclic) bond motifs is 14. The van der Waals surface area contributed by atoms with E-state index < -0.39 is 71.2 Å². The molecule has 4 heterocycles. The van der Waals surface area contributed by atoms with E-state index in [1.165, 1.54) is 38.7 Å². The van der Waals surface area contributed by atoms with Gasteiger partial charge in [-0.05, 0) is 27.0 Å². The number of methoxy groups -OCH3 is 1. The van der Waals surface area contributed by atoms with E-state index in [2.05, 4.69) is 15.3 Å². The molecule has 1 amide bonds. The number of carbonyl (C=O) groups is 2. The molecule has 1 saturated heterocycles. The van der Waals surface area contributed by atoms with Crippen molar-refractivity contribution in [2.75, 3.05) is 45.7 Å². The Morgan fingerprint density at radius 1 is 0.983 bits per heavy atom. The maximum atomic E-state index is 13.7. The van der Waals surface area contributed by atoms with Crippen LogP contribution in [0.4, 0.5) is 5.69 Å². The second-order valence-electron chi connectivity index (χ2n) is 16.4. The lowest BCUT2D eigenvalue weighted by Crippen LogP contribution is -2.56. The van der Waals surface area contributed by atoms with Crippen molar-refractivity contribution in [2.45, 2.75) is 91.7 Å². The van der Waals surface area contributed by atoms with Crippen LogP contribution in [0.2, 0.25) is 0 Å². The third-order valence-electron chi connectivity index (χ3n) is 12.1. The van der Waals surface area contributed by atoms with Gasteiger partial charge in [-0.2, -0.15) is 5.10 Å². The molecule has 4 aliphatic rings. The van der Waals surface area contributed by atoms with Gasteiger partial charge in [-0.1, -0.05) is 45.9 Å². The van der Waals surface area contributed by atoms with Gasteiger partial charge in [-0.15, -0.1) is 0 Å². The predicted octanol–water partition coefficient (Wildman–Crippen LogP) is 4.02. The second kappa shape index (κ2) is 17.8. The van der Waals surface area contributed by atoms with Crippen LogP contribution in [-0.4, -0.2) is 129 Å². The van der Waals surface area contributed by atoms with E-state index in [4.69, 9.17) is 18.9 Å². The molecule has 16 nitrogen and oxygen atoms in total. The number of benzene rings is 2. The van der Waals surface area contributed by atoms with Gasteiger partial charge < -0.3 is 59.8 Å². The highest BCUT2D eigenvalue weighted by Crippen LogP contribution is 2.55. The Labute approximate surface area is 345 Å². The fourth-order valence-corrected chi connectivity index (χ4v) is 8.08. The van der Waals surface area contributed by atoms with Crippen molar-refractivity contribution < 1.29 is 59.2 Å². The van der Waals surface area contributed by atoms with E-state index in [0.29, 0.717) is 18.7 Å². The van der Waals surface area contributed by atoms with Crippen molar-refractivity contribution in [3.8, 4) is 23.0 Å². The number of nitrogens with zero attached hydrogens (tertiary/aromatic N) is 3. The van der Waals surface area contributed by atoms with Crippen LogP contribution < -0.4 is 10.1 Å². The van der Waals surface area contributed by atoms with Crippen LogP contribution in [-0.2, 0) is 30.2 Å². The highest BCUT2D eigenvalue weighted by molar-refractivity contribution is 6.16. The van der Waals surface area contributed by atoms with Crippen LogP contribution in [0.3, 0.4) is 0 Å². The van der Waals surface area contributed by atoms with E-state index in [9.17, 15) is 40.2 Å². The number of hydrogen-bond donors (Lipinski definition) is 7. The number of ether oxygens (including phenoxy) is 4. The highest BCUT2D eigenvalue weighted by Gasteiger charge is 2.50. The fourth-order valence-electron chi connectivity index (χ4n) is 8.08. The summed E-state index contributed by atoms with van der Waals surface area (Å²) in [5, 5.41) is 79.7. The standard InChI is InChI=1S/C43H60N4O12/c1-22-12-11-13-23(2)41(54)45-34-30(21-44-47-17-15-46(9)16-18-47)38(52)32-29-20-42(8,59-40(29)25(4)37(51)33(32)39(34)53)57-19-14-31(56-10)26(5)43(55,58-28(7)48)27(6)36(50)24(3)35(22)49/h11-14,19,21-22,24,26-27,31,35-36,49-53,55H,15-18,20H2,1-10H3,(H,45,54)/b12-11+,19-14+,23-13-,44-21+/t22-,24+,26+,27+,31-,35-,36+,42-,43+/m0/s1. The monoisotopic (exact) mass is 824 g/mol. The Bertz CT molecular complexity index is 2040. The molecule has 0 aromatic heterocycles. The quantitative estimate of drug-likeness (QED) is 0.0762. The summed E-state index contributed by atoms with van der Waals surface area (Å²) in [4.78, 5) is 28.3. The number of allylic oxidation sites excluding steroid dienone is 2. The van der Waals surface area contributed by atoms with Crippen molar-refractivity contribution in [3.05, 3.63) is 52.8 Å². The minimum atomic E-state index is -2.29. The molecule has 16 heteroatoms. The van der Waals surface area contributed by atoms with Crippen molar-refractivity contribution in [3.63, 3.8) is 0 Å². The number of anilines is 1. The van der Waals surface area contributed by atoms with E-state index in [1.807, 2.05) is 12.1 Å². The van der Waals surface area contributed by atoms with E-state index in [-0.39, 0.29) is 56.8 Å². The first-order chi connectivity index (χ1) is 27.6. The van der Waals surface area contributed by atoms with E-state index >= 15 is 0 Å². The number of aromatic hydroxyl groups is 3. The van der Waals surface area contributed by atoms with Gasteiger partial charge >= 0.3 is 5.97 Å². The van der Waals surface area contributed by atoms with Crippen LogP contribution in [0.1, 0.15) is 65.2 Å². The zero-order valence-corrected chi connectivity index (χ0v) is 35.5. The van der Waals surface area contributed by atoms with Gasteiger partial charge in [0.1, 0.15) is 17.2 Å². The first-order valence-corrected chi connectivity index (χ1v) is 19.9. The summed E-state index contributed by atoms with van der Waals surface area (Å²) in [6.45, 7) is 15.1. The van der Waals surface area contributed by atoms with Gasteiger partial charge in [0.15, 0.2) is 5.75 Å². The molecule has 7 N–H and O–H groups in total. The maximum absolute atomic E-state index is 13.7. The highest BCUT2D eigenvalue weighted by atomic mass is 16.7. The largest absolute Gasteiger partial charge is 0.507 e. The Kier molecular flexibility index (Phi) is 13.6. The van der Waals surface area contributed by atoms with Gasteiger partial charge in [0, 0.05) is 87.0 Å². The molecule has 1 fully saturated rings. The lowest BCUT2D eigenvalue weighted by atomic mass is 9.76. The number of carbonyl (C=O) groups excluding carboxylic acids is 2. The molecule has 0 saturated carbocycles. The minimum Gasteiger partial charge on any atom is -0.507 e. The number of aliphatic hydroxyl groups is 3. The smallest absolute Gasteiger partial charge is 0.305 e. The van der Waals surface area contributed by atoms with Gasteiger partial charge in [-0.25, -0.2) is 0 Å². The summed E-state index contributed by atoms with van der Waals surface area (Å²) in [7, 11) is 3.40. The first kappa shape index (κ1) is 45.2. The average Bonchev–Trinajstić information content (AvgIpc) is 3.55. The number of likely N-dealkylation sites (N-methyl/N-ethyl adjacent to an activating group) is 1. The van der Waals surface area contributed by atoms with Crippen molar-refractivity contribution >= 4 is 34.6 Å². The molecule has 59 heavy (non-hydrogen) atoms. The van der Waals surface area contributed by atoms with Gasteiger partial charge in [-0.3, -0.25) is 14.6 Å². The number of hydrogen-bond acceptors (Lipinski definition) is 15. The summed E-state index contributed by atoms with van der Waals surface area (Å²) in [6.07, 6.45) is 5.43. The molecule has 0 unspecified atom stereocenters. The lowest BCUT2D eigenvalue weighted by Gasteiger charge is -2.43. The molecular formula is C43H60N4O12. The number of amides is 1. The lowest BCUT2D eigenvalue weighted by molar-refractivity contribution is -0.278. The molecule has 5 bridgehead atoms. The minimum absolute atomic E-state index is 0.00402. The molecule has 4 aliphatic heterocycles. The van der Waals surface area contributed by atoms with Crippen molar-refractivity contribution in [2.24, 2.45) is 28.8 Å². The Hall–Kier alpha value is -4.87. The third kappa shape index (κ3) is 9.01. The number of esters is 1. The van der Waals surface area contributed by atoms with Crippen LogP contribution in [0.5, 0.6) is 23.0 Å². The van der Waals surface area contributed by atoms with Crippen LogP contribution in [0.15, 0.2) is 41.2 Å². The molecule has 0 aliphatic carbocycles. The number of aliphatic hydroxyl groups excluding tert-OH is 2. The fraction of sp³-hybridized carbons (Fsp3) is 0.558. The summed E-state index contributed by atoms with van der Waals surface area (Å²) < 4.78 is 23.7. The summed E-state index contributed by atoms with van der Waals surface area (Å²) in [5.41, 5.74) is 0.673. The molecular weight excluding hydrogens is 764 g/mol. The van der Waals surface area contributed by atoms with Crippen LogP contribution in [0, 0.1) is 30.6 Å². The molecule has 324 valence electrons. The number of piperazine rings is 1. The van der Waals surface area contributed by atoms with Gasteiger partial charge in [0.25, 0.3) is 11.7 Å². The second-order valence-corrected chi connectivity index (χ2v) is 16.4. The zero-order valence-electron chi connectivity index (χ0n) is 35.5. The summed E-state index contributed by atoms with van der Waals surface area (Å²) >= 11 is 0.